The molecular formula is C13H10ClF3N4O. The smallest absolute Gasteiger partial charge is 0.266 e. The van der Waals surface area contributed by atoms with Crippen LogP contribution in [-0.2, 0) is 13.2 Å². The molecule has 0 bridgehead atoms. The summed E-state index contributed by atoms with van der Waals surface area (Å²) in [7, 11) is 1.50. The fourth-order valence-electron chi connectivity index (χ4n) is 1.75. The molecule has 0 saturated carbocycles. The molecule has 1 heterocycles. The number of nitrogens with one attached hydrogen (secondary N) is 1. The van der Waals surface area contributed by atoms with Crippen LogP contribution in [0.2, 0.25) is 5.02 Å². The Morgan fingerprint density at radius 1 is 1.41 bits per heavy atom. The molecule has 1 aromatic heterocycles. The van der Waals surface area contributed by atoms with E-state index in [1.807, 2.05) is 0 Å². The molecule has 2 aromatic rings. The van der Waals surface area contributed by atoms with Crippen LogP contribution >= 0.6 is 11.6 Å². The van der Waals surface area contributed by atoms with E-state index in [0.717, 1.165) is 12.3 Å². The van der Waals surface area contributed by atoms with Gasteiger partial charge in [0.2, 0.25) is 0 Å². The van der Waals surface area contributed by atoms with Crippen molar-refractivity contribution in [1.29, 1.82) is 0 Å². The van der Waals surface area contributed by atoms with E-state index < -0.39 is 17.6 Å². The van der Waals surface area contributed by atoms with Gasteiger partial charge in [0, 0.05) is 12.6 Å². The van der Waals surface area contributed by atoms with Gasteiger partial charge in [0.25, 0.3) is 5.91 Å². The first-order valence-corrected chi connectivity index (χ1v) is 6.35. The molecule has 1 amide bonds. The van der Waals surface area contributed by atoms with Crippen molar-refractivity contribution < 1.29 is 18.0 Å². The lowest BCUT2D eigenvalue weighted by Gasteiger charge is -2.09. The highest BCUT2D eigenvalue weighted by atomic mass is 35.5. The average molecular weight is 331 g/mol. The van der Waals surface area contributed by atoms with Crippen LogP contribution in [0.25, 0.3) is 0 Å². The predicted octanol–water partition coefficient (Wildman–Crippen LogP) is 2.86. The van der Waals surface area contributed by atoms with Gasteiger partial charge in [0.05, 0.1) is 23.0 Å². The largest absolute Gasteiger partial charge is 0.417 e. The fourth-order valence-corrected chi connectivity index (χ4v) is 2.00. The number of hydrazone groups is 1. The lowest BCUT2D eigenvalue weighted by molar-refractivity contribution is -0.137. The number of nitrogens with zero attached hydrogens (tertiary/aromatic N) is 3. The van der Waals surface area contributed by atoms with Crippen molar-refractivity contribution in [2.75, 3.05) is 0 Å². The molecular weight excluding hydrogens is 321 g/mol. The van der Waals surface area contributed by atoms with E-state index in [-0.39, 0.29) is 16.3 Å². The van der Waals surface area contributed by atoms with Crippen molar-refractivity contribution in [1.82, 2.24) is 15.2 Å². The van der Waals surface area contributed by atoms with Crippen LogP contribution in [-0.4, -0.2) is 21.9 Å². The Labute approximate surface area is 128 Å². The Morgan fingerprint density at radius 2 is 2.09 bits per heavy atom. The molecule has 0 unspecified atom stereocenters. The SMILES string of the molecule is Cn1ncc(Cl)c1C(=O)N/N=C\c1ccccc1C(F)(F)F. The second kappa shape index (κ2) is 6.18. The van der Waals surface area contributed by atoms with Crippen molar-refractivity contribution >= 4 is 23.7 Å². The maximum absolute atomic E-state index is 12.8. The molecule has 0 aliphatic heterocycles. The standard InChI is InChI=1S/C13H10ClF3N4O/c1-21-11(10(14)7-19-21)12(22)20-18-6-8-4-2-3-5-9(8)13(15,16)17/h2-7H,1H3,(H,20,22)/b18-6-. The topological polar surface area (TPSA) is 59.3 Å². The molecule has 22 heavy (non-hydrogen) atoms. The number of hydrogen-bond acceptors (Lipinski definition) is 3. The molecule has 0 fully saturated rings. The normalized spacial score (nSPS) is 11.9. The molecule has 2 rings (SSSR count). The molecule has 116 valence electrons. The maximum atomic E-state index is 12.8. The van der Waals surface area contributed by atoms with Gasteiger partial charge >= 0.3 is 6.18 Å². The van der Waals surface area contributed by atoms with Gasteiger partial charge in [-0.25, -0.2) is 5.43 Å². The summed E-state index contributed by atoms with van der Waals surface area (Å²) in [5.74, 6) is -0.675. The Hall–Kier alpha value is -2.35. The third kappa shape index (κ3) is 3.45. The van der Waals surface area contributed by atoms with Crippen LogP contribution in [0.15, 0.2) is 35.6 Å². The van der Waals surface area contributed by atoms with Crippen LogP contribution < -0.4 is 5.43 Å². The van der Waals surface area contributed by atoms with Gasteiger partial charge in [0.1, 0.15) is 5.69 Å². The monoisotopic (exact) mass is 330 g/mol. The van der Waals surface area contributed by atoms with Crippen molar-refractivity contribution in [3.05, 3.63) is 52.3 Å². The number of alkyl halides is 3. The summed E-state index contributed by atoms with van der Waals surface area (Å²) in [4.78, 5) is 11.8. The molecule has 5 nitrogen and oxygen atoms in total. The number of carbonyl (C=O) groups is 1. The second-order valence-corrected chi connectivity index (χ2v) is 4.66. The van der Waals surface area contributed by atoms with Crippen LogP contribution in [0.1, 0.15) is 21.6 Å². The van der Waals surface area contributed by atoms with Gasteiger partial charge in [-0.2, -0.15) is 23.4 Å². The summed E-state index contributed by atoms with van der Waals surface area (Å²) < 4.78 is 39.6. The first-order valence-electron chi connectivity index (χ1n) is 5.98. The Balaban J connectivity index is 2.16. The fraction of sp³-hybridized carbons (Fsp3) is 0.154. The highest BCUT2D eigenvalue weighted by Gasteiger charge is 2.32. The minimum Gasteiger partial charge on any atom is -0.266 e. The average Bonchev–Trinajstić information content (AvgIpc) is 2.77. The summed E-state index contributed by atoms with van der Waals surface area (Å²) in [6.45, 7) is 0. The van der Waals surface area contributed by atoms with E-state index in [4.69, 9.17) is 11.6 Å². The molecule has 0 aliphatic carbocycles. The third-order valence-electron chi connectivity index (χ3n) is 2.75. The van der Waals surface area contributed by atoms with Gasteiger partial charge in [-0.1, -0.05) is 29.8 Å². The summed E-state index contributed by atoms with van der Waals surface area (Å²) in [5.41, 5.74) is 1.17. The number of halogens is 4. The van der Waals surface area contributed by atoms with E-state index in [0.29, 0.717) is 0 Å². The van der Waals surface area contributed by atoms with Gasteiger partial charge in [-0.05, 0) is 6.07 Å². The van der Waals surface area contributed by atoms with Crippen molar-refractivity contribution in [3.8, 4) is 0 Å². The van der Waals surface area contributed by atoms with Crippen molar-refractivity contribution in [2.45, 2.75) is 6.18 Å². The molecule has 1 N–H and O–H groups in total. The molecule has 9 heteroatoms. The Morgan fingerprint density at radius 3 is 2.68 bits per heavy atom. The number of aromatic nitrogens is 2. The lowest BCUT2D eigenvalue weighted by atomic mass is 10.1. The van der Waals surface area contributed by atoms with Crippen molar-refractivity contribution in [3.63, 3.8) is 0 Å². The number of amides is 1. The second-order valence-electron chi connectivity index (χ2n) is 4.25. The first kappa shape index (κ1) is 16.0. The van der Waals surface area contributed by atoms with Gasteiger partial charge in [-0.15, -0.1) is 0 Å². The number of benzene rings is 1. The molecule has 0 atom stereocenters. The highest BCUT2D eigenvalue weighted by molar-refractivity contribution is 6.33. The zero-order chi connectivity index (χ0) is 16.3. The molecule has 0 aliphatic rings. The minimum absolute atomic E-state index is 0.0583. The zero-order valence-corrected chi connectivity index (χ0v) is 12.0. The Kier molecular flexibility index (Phi) is 4.51. The van der Waals surface area contributed by atoms with Gasteiger partial charge in [-0.3, -0.25) is 9.48 Å². The molecule has 0 radical (unpaired) electrons. The quantitative estimate of drug-likeness (QED) is 0.695. The molecule has 0 spiro atoms. The van der Waals surface area contributed by atoms with Gasteiger partial charge in [0.15, 0.2) is 0 Å². The van der Waals surface area contributed by atoms with E-state index >= 15 is 0 Å². The minimum atomic E-state index is -4.50. The van der Waals surface area contributed by atoms with Crippen molar-refractivity contribution in [2.24, 2.45) is 12.1 Å². The number of rotatable bonds is 3. The lowest BCUT2D eigenvalue weighted by Crippen LogP contribution is -2.21. The highest BCUT2D eigenvalue weighted by Crippen LogP contribution is 2.31. The van der Waals surface area contributed by atoms with Crippen LogP contribution in [0.5, 0.6) is 0 Å². The van der Waals surface area contributed by atoms with Crippen LogP contribution in [0.3, 0.4) is 0 Å². The summed E-state index contributed by atoms with van der Waals surface area (Å²) >= 11 is 5.78. The molecule has 1 aromatic carbocycles. The van der Waals surface area contributed by atoms with Gasteiger partial charge < -0.3 is 0 Å². The van der Waals surface area contributed by atoms with E-state index in [1.165, 1.54) is 36.1 Å². The number of carbonyl (C=O) groups excluding carboxylic acids is 1. The van der Waals surface area contributed by atoms with E-state index in [9.17, 15) is 18.0 Å². The predicted molar refractivity (Wildman–Crippen MR) is 74.7 cm³/mol. The number of hydrogen-bond donors (Lipinski definition) is 1. The first-order chi connectivity index (χ1) is 10.3. The summed E-state index contributed by atoms with van der Waals surface area (Å²) in [6.07, 6.45) is -2.30. The summed E-state index contributed by atoms with van der Waals surface area (Å²) in [5, 5.41) is 7.42. The van der Waals surface area contributed by atoms with E-state index in [1.54, 1.807) is 0 Å². The van der Waals surface area contributed by atoms with Crippen LogP contribution in [0.4, 0.5) is 13.2 Å². The number of aryl methyl sites for hydroxylation is 1. The van der Waals surface area contributed by atoms with E-state index in [2.05, 4.69) is 15.6 Å². The maximum Gasteiger partial charge on any atom is 0.417 e. The molecule has 0 saturated heterocycles. The Bertz CT molecular complexity index is 705. The van der Waals surface area contributed by atoms with Crippen LogP contribution in [0, 0.1) is 0 Å². The zero-order valence-electron chi connectivity index (χ0n) is 11.2. The summed E-state index contributed by atoms with van der Waals surface area (Å²) in [6, 6.07) is 4.89. The third-order valence-corrected chi connectivity index (χ3v) is 3.02.